The van der Waals surface area contributed by atoms with Crippen LogP contribution in [0.5, 0.6) is 5.75 Å². The third-order valence-corrected chi connectivity index (χ3v) is 3.81. The maximum absolute atomic E-state index is 13.4. The largest absolute Gasteiger partial charge is 0.491 e. The Morgan fingerprint density at radius 2 is 1.88 bits per heavy atom. The Labute approximate surface area is 150 Å². The van der Waals surface area contributed by atoms with Crippen LogP contribution in [-0.4, -0.2) is 31.2 Å². The zero-order chi connectivity index (χ0) is 18.5. The van der Waals surface area contributed by atoms with Gasteiger partial charge >= 0.3 is 0 Å². The summed E-state index contributed by atoms with van der Waals surface area (Å²) in [6.45, 7) is 2.74. The highest BCUT2D eigenvalue weighted by Crippen LogP contribution is 2.22. The molecule has 0 fully saturated rings. The fourth-order valence-corrected chi connectivity index (χ4v) is 2.60. The summed E-state index contributed by atoms with van der Waals surface area (Å²) in [5, 5.41) is 3.45. The molecule has 5 nitrogen and oxygen atoms in total. The lowest BCUT2D eigenvalue weighted by Gasteiger charge is -2.10. The van der Waals surface area contributed by atoms with Crippen LogP contribution in [0, 0.1) is 12.7 Å². The Kier molecular flexibility index (Phi) is 5.43. The van der Waals surface area contributed by atoms with E-state index in [4.69, 9.17) is 9.47 Å². The van der Waals surface area contributed by atoms with Gasteiger partial charge in [0, 0.05) is 29.9 Å². The van der Waals surface area contributed by atoms with E-state index in [9.17, 15) is 9.18 Å². The van der Waals surface area contributed by atoms with Crippen LogP contribution in [-0.2, 0) is 4.74 Å². The number of fused-ring (bicyclic) bond motifs is 1. The molecule has 134 valence electrons. The van der Waals surface area contributed by atoms with E-state index in [1.807, 2.05) is 0 Å². The van der Waals surface area contributed by atoms with Gasteiger partial charge in [-0.25, -0.2) is 4.39 Å². The van der Waals surface area contributed by atoms with Crippen LogP contribution in [0.2, 0.25) is 0 Å². The standard InChI is InChI=1S/C20H19FN2O3/c1-13-11-18(17-8-3-14(21)12-19(17)22-13)20(24)23-15-4-6-16(7-5-15)26-10-9-25-2/h3-8,11-12H,9-10H2,1-2H3,(H,23,24). The molecule has 0 saturated carbocycles. The van der Waals surface area contributed by atoms with Crippen molar-refractivity contribution in [2.45, 2.75) is 6.92 Å². The summed E-state index contributed by atoms with van der Waals surface area (Å²) in [7, 11) is 1.61. The first kappa shape index (κ1) is 17.8. The molecule has 0 bridgehead atoms. The van der Waals surface area contributed by atoms with E-state index < -0.39 is 0 Å². The number of amides is 1. The lowest BCUT2D eigenvalue weighted by Crippen LogP contribution is -2.13. The Hall–Kier alpha value is -2.99. The predicted octanol–water partition coefficient (Wildman–Crippen LogP) is 3.96. The molecular weight excluding hydrogens is 335 g/mol. The molecule has 26 heavy (non-hydrogen) atoms. The molecule has 1 N–H and O–H groups in total. The van der Waals surface area contributed by atoms with Crippen molar-refractivity contribution in [3.05, 3.63) is 65.6 Å². The Morgan fingerprint density at radius 3 is 2.62 bits per heavy atom. The first-order valence-electron chi connectivity index (χ1n) is 8.17. The molecule has 0 aliphatic heterocycles. The zero-order valence-corrected chi connectivity index (χ0v) is 14.6. The van der Waals surface area contributed by atoms with Gasteiger partial charge in [0.15, 0.2) is 0 Å². The number of carbonyl (C=O) groups excluding carboxylic acids is 1. The number of methoxy groups -OCH3 is 1. The summed E-state index contributed by atoms with van der Waals surface area (Å²) in [5.74, 6) is 0.0342. The second-order valence-electron chi connectivity index (χ2n) is 5.79. The highest BCUT2D eigenvalue weighted by Gasteiger charge is 2.13. The van der Waals surface area contributed by atoms with Gasteiger partial charge in [-0.3, -0.25) is 9.78 Å². The van der Waals surface area contributed by atoms with Crippen molar-refractivity contribution in [2.75, 3.05) is 25.6 Å². The van der Waals surface area contributed by atoms with Gasteiger partial charge in [-0.1, -0.05) is 0 Å². The van der Waals surface area contributed by atoms with E-state index in [1.54, 1.807) is 50.4 Å². The highest BCUT2D eigenvalue weighted by molar-refractivity contribution is 6.12. The molecule has 0 saturated heterocycles. The summed E-state index contributed by atoms with van der Waals surface area (Å²) in [4.78, 5) is 17.0. The van der Waals surface area contributed by atoms with Gasteiger partial charge in [-0.15, -0.1) is 0 Å². The SMILES string of the molecule is COCCOc1ccc(NC(=O)c2cc(C)nc3cc(F)ccc23)cc1. The minimum absolute atomic E-state index is 0.278. The van der Waals surface area contributed by atoms with E-state index in [-0.39, 0.29) is 11.7 Å². The fraction of sp³-hybridized carbons (Fsp3) is 0.200. The predicted molar refractivity (Wildman–Crippen MR) is 98.2 cm³/mol. The van der Waals surface area contributed by atoms with Crippen molar-refractivity contribution < 1.29 is 18.7 Å². The van der Waals surface area contributed by atoms with Gasteiger partial charge < -0.3 is 14.8 Å². The van der Waals surface area contributed by atoms with E-state index in [0.717, 1.165) is 0 Å². The average molecular weight is 354 g/mol. The summed E-state index contributed by atoms with van der Waals surface area (Å²) in [6.07, 6.45) is 0. The van der Waals surface area contributed by atoms with E-state index >= 15 is 0 Å². The van der Waals surface area contributed by atoms with Crippen LogP contribution in [0.15, 0.2) is 48.5 Å². The van der Waals surface area contributed by atoms with Crippen molar-refractivity contribution in [3.8, 4) is 5.75 Å². The maximum atomic E-state index is 13.4. The van der Waals surface area contributed by atoms with E-state index in [0.29, 0.717) is 46.8 Å². The summed E-state index contributed by atoms with van der Waals surface area (Å²) in [5.41, 5.74) is 2.19. The van der Waals surface area contributed by atoms with Crippen molar-refractivity contribution in [3.63, 3.8) is 0 Å². The molecule has 3 rings (SSSR count). The number of aryl methyl sites for hydroxylation is 1. The number of nitrogens with zero attached hydrogens (tertiary/aromatic N) is 1. The third-order valence-electron chi connectivity index (χ3n) is 3.81. The number of halogens is 1. The fourth-order valence-electron chi connectivity index (χ4n) is 2.60. The summed E-state index contributed by atoms with van der Waals surface area (Å²) < 4.78 is 23.9. The first-order valence-corrected chi connectivity index (χ1v) is 8.17. The molecule has 0 aliphatic rings. The number of pyridine rings is 1. The number of nitrogens with one attached hydrogen (secondary N) is 1. The molecule has 2 aromatic carbocycles. The van der Waals surface area contributed by atoms with Crippen molar-refractivity contribution in [2.24, 2.45) is 0 Å². The summed E-state index contributed by atoms with van der Waals surface area (Å²) in [6, 6.07) is 13.0. The Bertz CT molecular complexity index is 921. The maximum Gasteiger partial charge on any atom is 0.256 e. The highest BCUT2D eigenvalue weighted by atomic mass is 19.1. The molecule has 6 heteroatoms. The number of carbonyl (C=O) groups is 1. The lowest BCUT2D eigenvalue weighted by atomic mass is 10.1. The van der Waals surface area contributed by atoms with Gasteiger partial charge in [0.05, 0.1) is 17.7 Å². The van der Waals surface area contributed by atoms with Gasteiger partial charge in [0.2, 0.25) is 0 Å². The minimum Gasteiger partial charge on any atom is -0.491 e. The Morgan fingerprint density at radius 1 is 1.12 bits per heavy atom. The van der Waals surface area contributed by atoms with Gasteiger partial charge in [-0.2, -0.15) is 0 Å². The number of anilines is 1. The van der Waals surface area contributed by atoms with Crippen molar-refractivity contribution in [1.29, 1.82) is 0 Å². The monoisotopic (exact) mass is 354 g/mol. The zero-order valence-electron chi connectivity index (χ0n) is 14.6. The summed E-state index contributed by atoms with van der Waals surface area (Å²) >= 11 is 0. The quantitative estimate of drug-likeness (QED) is 0.681. The topological polar surface area (TPSA) is 60.5 Å². The Balaban J connectivity index is 1.79. The molecule has 1 heterocycles. The number of rotatable bonds is 6. The number of benzene rings is 2. The second kappa shape index (κ2) is 7.93. The molecule has 1 aromatic heterocycles. The van der Waals surface area contributed by atoms with Gasteiger partial charge in [0.1, 0.15) is 18.2 Å². The normalized spacial score (nSPS) is 10.7. The third kappa shape index (κ3) is 4.15. The van der Waals surface area contributed by atoms with Crippen LogP contribution in [0.25, 0.3) is 10.9 Å². The smallest absolute Gasteiger partial charge is 0.256 e. The number of ether oxygens (including phenoxy) is 2. The van der Waals surface area contributed by atoms with Crippen LogP contribution < -0.4 is 10.1 Å². The second-order valence-corrected chi connectivity index (χ2v) is 5.79. The molecule has 0 radical (unpaired) electrons. The minimum atomic E-state index is -0.383. The molecule has 1 amide bonds. The molecule has 3 aromatic rings. The molecule has 0 unspecified atom stereocenters. The van der Waals surface area contributed by atoms with Crippen LogP contribution in [0.3, 0.4) is 0 Å². The van der Waals surface area contributed by atoms with Gasteiger partial charge in [-0.05, 0) is 49.4 Å². The van der Waals surface area contributed by atoms with E-state index in [2.05, 4.69) is 10.3 Å². The molecule has 0 aliphatic carbocycles. The van der Waals surface area contributed by atoms with Crippen LogP contribution in [0.4, 0.5) is 10.1 Å². The van der Waals surface area contributed by atoms with Crippen molar-refractivity contribution in [1.82, 2.24) is 4.98 Å². The average Bonchev–Trinajstić information content (AvgIpc) is 2.62. The van der Waals surface area contributed by atoms with Crippen LogP contribution in [0.1, 0.15) is 16.1 Å². The molecule has 0 atom stereocenters. The molecule has 0 spiro atoms. The number of hydrogen-bond acceptors (Lipinski definition) is 4. The lowest BCUT2D eigenvalue weighted by molar-refractivity contribution is 0.102. The van der Waals surface area contributed by atoms with Gasteiger partial charge in [0.25, 0.3) is 5.91 Å². The van der Waals surface area contributed by atoms with E-state index in [1.165, 1.54) is 12.1 Å². The first-order chi connectivity index (χ1) is 12.6. The number of hydrogen-bond donors (Lipinski definition) is 1. The van der Waals surface area contributed by atoms with Crippen LogP contribution >= 0.6 is 0 Å². The number of aromatic nitrogens is 1. The van der Waals surface area contributed by atoms with Crippen molar-refractivity contribution >= 4 is 22.5 Å². The molecular formula is C20H19FN2O3.